The molecule has 1 aliphatic rings. The lowest BCUT2D eigenvalue weighted by molar-refractivity contribution is -0.0477. The van der Waals surface area contributed by atoms with Crippen LogP contribution in [0.5, 0.6) is 0 Å². The highest BCUT2D eigenvalue weighted by Gasteiger charge is 2.38. The maximum Gasteiger partial charge on any atom is 0.249 e. The third-order valence-corrected chi connectivity index (χ3v) is 4.31. The molecule has 0 radical (unpaired) electrons. The Bertz CT molecular complexity index is 243. The van der Waals surface area contributed by atoms with Crippen molar-refractivity contribution in [3.8, 4) is 0 Å². The number of unbranched alkanes of at least 4 members (excludes halogenated alkanes) is 2. The van der Waals surface area contributed by atoms with Gasteiger partial charge in [0.1, 0.15) is 0 Å². The van der Waals surface area contributed by atoms with Gasteiger partial charge in [0.05, 0.1) is 0 Å². The predicted molar refractivity (Wildman–Crippen MR) is 73.2 cm³/mol. The van der Waals surface area contributed by atoms with Crippen molar-refractivity contribution < 1.29 is 8.78 Å². The number of hydrogen-bond donors (Lipinski definition) is 1. The number of nitrogens with one attached hydrogen (secondary N) is 1. The molecule has 0 aromatic heterocycles. The Morgan fingerprint density at radius 1 is 1.28 bits per heavy atom. The summed E-state index contributed by atoms with van der Waals surface area (Å²) in [7, 11) is 0. The van der Waals surface area contributed by atoms with Crippen LogP contribution in [0.15, 0.2) is 0 Å². The topological polar surface area (TPSA) is 12.0 Å². The highest BCUT2D eigenvalue weighted by atomic mass is 19.3. The summed E-state index contributed by atoms with van der Waals surface area (Å²) in [6, 6.07) is 0.000302. The molecule has 0 aromatic rings. The zero-order chi connectivity index (χ0) is 13.6. The lowest BCUT2D eigenvalue weighted by Crippen LogP contribution is -2.51. The van der Waals surface area contributed by atoms with Crippen LogP contribution in [0.25, 0.3) is 0 Å². The van der Waals surface area contributed by atoms with E-state index in [9.17, 15) is 8.78 Å². The van der Waals surface area contributed by atoms with Crippen molar-refractivity contribution in [3.05, 3.63) is 0 Å². The van der Waals surface area contributed by atoms with Gasteiger partial charge < -0.3 is 5.32 Å². The molecule has 3 heteroatoms. The second kappa shape index (κ2) is 6.83. The minimum Gasteiger partial charge on any atom is -0.309 e. The number of alkyl halides is 2. The summed E-state index contributed by atoms with van der Waals surface area (Å²) in [5, 5.41) is 3.52. The van der Waals surface area contributed by atoms with E-state index in [4.69, 9.17) is 0 Å². The third kappa shape index (κ3) is 5.21. The fraction of sp³-hybridized carbons (Fsp3) is 1.00. The fourth-order valence-corrected chi connectivity index (χ4v) is 2.90. The highest BCUT2D eigenvalue weighted by molar-refractivity contribution is 4.90. The molecule has 1 saturated carbocycles. The minimum absolute atomic E-state index is 0.000302. The van der Waals surface area contributed by atoms with Crippen molar-refractivity contribution in [2.75, 3.05) is 0 Å². The largest absolute Gasteiger partial charge is 0.309 e. The Hall–Kier alpha value is -0.180. The number of halogens is 2. The lowest BCUT2D eigenvalue weighted by Gasteiger charge is -2.38. The van der Waals surface area contributed by atoms with Crippen molar-refractivity contribution in [3.63, 3.8) is 0 Å². The van der Waals surface area contributed by atoms with E-state index in [0.29, 0.717) is 6.42 Å². The second-order valence-corrected chi connectivity index (χ2v) is 6.16. The first-order valence-corrected chi connectivity index (χ1v) is 7.56. The molecule has 0 spiro atoms. The average molecular weight is 261 g/mol. The Labute approximate surface area is 111 Å². The van der Waals surface area contributed by atoms with Crippen molar-refractivity contribution in [1.82, 2.24) is 5.32 Å². The molecule has 1 rings (SSSR count). The van der Waals surface area contributed by atoms with Gasteiger partial charge >= 0.3 is 0 Å². The smallest absolute Gasteiger partial charge is 0.249 e. The van der Waals surface area contributed by atoms with E-state index in [2.05, 4.69) is 26.1 Å². The lowest BCUT2D eigenvalue weighted by atomic mass is 9.86. The van der Waals surface area contributed by atoms with E-state index in [1.165, 1.54) is 19.3 Å². The van der Waals surface area contributed by atoms with Crippen LogP contribution in [-0.2, 0) is 0 Å². The van der Waals surface area contributed by atoms with Gasteiger partial charge in [-0.2, -0.15) is 0 Å². The molecule has 1 aliphatic carbocycles. The normalized spacial score (nSPS) is 26.8. The van der Waals surface area contributed by atoms with Crippen LogP contribution in [0, 0.1) is 0 Å². The molecule has 2 atom stereocenters. The van der Waals surface area contributed by atoms with Gasteiger partial charge in [-0.3, -0.25) is 0 Å². The summed E-state index contributed by atoms with van der Waals surface area (Å²) in [6.07, 6.45) is 7.40. The SMILES string of the molecule is CCCCCC(C)(CC)NC1CCCC(F)(F)C1. The minimum atomic E-state index is -2.45. The molecule has 1 N–H and O–H groups in total. The van der Waals surface area contributed by atoms with Crippen molar-refractivity contribution in [2.24, 2.45) is 0 Å². The maximum atomic E-state index is 13.4. The second-order valence-electron chi connectivity index (χ2n) is 6.16. The average Bonchev–Trinajstić information content (AvgIpc) is 2.28. The first kappa shape index (κ1) is 15.9. The summed E-state index contributed by atoms with van der Waals surface area (Å²) in [5.41, 5.74) is 0.0350. The summed E-state index contributed by atoms with van der Waals surface area (Å²) in [4.78, 5) is 0. The molecule has 1 fully saturated rings. The van der Waals surface area contributed by atoms with Gasteiger partial charge in [0.15, 0.2) is 0 Å². The van der Waals surface area contributed by atoms with E-state index < -0.39 is 5.92 Å². The Balaban J connectivity index is 2.45. The van der Waals surface area contributed by atoms with Gasteiger partial charge in [0, 0.05) is 24.4 Å². The Morgan fingerprint density at radius 2 is 2.00 bits per heavy atom. The molecule has 0 aromatic carbocycles. The summed E-state index contributed by atoms with van der Waals surface area (Å²) in [5.74, 6) is -2.45. The van der Waals surface area contributed by atoms with E-state index in [0.717, 1.165) is 19.3 Å². The van der Waals surface area contributed by atoms with Crippen LogP contribution in [0.2, 0.25) is 0 Å². The molecule has 1 nitrogen and oxygen atoms in total. The van der Waals surface area contributed by atoms with Gasteiger partial charge in [-0.1, -0.05) is 33.1 Å². The zero-order valence-corrected chi connectivity index (χ0v) is 12.2. The van der Waals surface area contributed by atoms with Crippen molar-refractivity contribution >= 4 is 0 Å². The summed E-state index contributed by atoms with van der Waals surface area (Å²) in [6.45, 7) is 6.54. The first-order valence-electron chi connectivity index (χ1n) is 7.56. The van der Waals surface area contributed by atoms with Crippen LogP contribution in [0.4, 0.5) is 8.78 Å². The van der Waals surface area contributed by atoms with Gasteiger partial charge in [-0.05, 0) is 32.6 Å². The Morgan fingerprint density at radius 3 is 2.56 bits per heavy atom. The first-order chi connectivity index (χ1) is 8.41. The zero-order valence-electron chi connectivity index (χ0n) is 12.2. The van der Waals surface area contributed by atoms with Gasteiger partial charge in [0.25, 0.3) is 0 Å². The number of hydrogen-bond acceptors (Lipinski definition) is 1. The molecular weight excluding hydrogens is 232 g/mol. The van der Waals surface area contributed by atoms with E-state index in [1.807, 2.05) is 0 Å². The molecule has 0 saturated heterocycles. The Kier molecular flexibility index (Phi) is 6.03. The standard InChI is InChI=1S/C15H29F2N/c1-4-6-7-10-14(3,5-2)18-13-9-8-11-15(16,17)12-13/h13,18H,4-12H2,1-3H3. The predicted octanol–water partition coefficient (Wildman–Crippen LogP) is 4.90. The van der Waals surface area contributed by atoms with Gasteiger partial charge in [-0.15, -0.1) is 0 Å². The summed E-state index contributed by atoms with van der Waals surface area (Å²) < 4.78 is 26.8. The van der Waals surface area contributed by atoms with E-state index in [1.54, 1.807) is 0 Å². The maximum absolute atomic E-state index is 13.4. The highest BCUT2D eigenvalue weighted by Crippen LogP contribution is 2.34. The van der Waals surface area contributed by atoms with Crippen LogP contribution in [0.1, 0.15) is 78.6 Å². The van der Waals surface area contributed by atoms with E-state index in [-0.39, 0.29) is 24.4 Å². The molecule has 0 heterocycles. The molecule has 0 amide bonds. The van der Waals surface area contributed by atoms with Crippen LogP contribution in [-0.4, -0.2) is 17.5 Å². The third-order valence-electron chi connectivity index (χ3n) is 4.31. The van der Waals surface area contributed by atoms with E-state index >= 15 is 0 Å². The van der Waals surface area contributed by atoms with Crippen LogP contribution in [0.3, 0.4) is 0 Å². The van der Waals surface area contributed by atoms with Gasteiger partial charge in [0.2, 0.25) is 5.92 Å². The fourth-order valence-electron chi connectivity index (χ4n) is 2.90. The molecule has 2 unspecified atom stereocenters. The monoisotopic (exact) mass is 261 g/mol. The van der Waals surface area contributed by atoms with Gasteiger partial charge in [-0.25, -0.2) is 8.78 Å². The molecular formula is C15H29F2N. The van der Waals surface area contributed by atoms with Crippen LogP contribution < -0.4 is 5.32 Å². The van der Waals surface area contributed by atoms with Crippen molar-refractivity contribution in [2.45, 2.75) is 96.1 Å². The molecule has 0 bridgehead atoms. The molecule has 18 heavy (non-hydrogen) atoms. The summed E-state index contributed by atoms with van der Waals surface area (Å²) >= 11 is 0. The quantitative estimate of drug-likeness (QED) is 0.642. The van der Waals surface area contributed by atoms with Crippen LogP contribution >= 0.6 is 0 Å². The molecule has 0 aliphatic heterocycles. The number of rotatable bonds is 7. The van der Waals surface area contributed by atoms with Crippen molar-refractivity contribution in [1.29, 1.82) is 0 Å². The molecule has 108 valence electrons.